The van der Waals surface area contributed by atoms with Crippen molar-refractivity contribution < 1.29 is 31.1 Å². The molecule has 0 spiro atoms. The minimum Gasteiger partial charge on any atom is -0.494 e. The first kappa shape index (κ1) is 28.3. The minimum absolute atomic E-state index is 0.130. The lowest BCUT2D eigenvalue weighted by molar-refractivity contribution is -0.137. The van der Waals surface area contributed by atoms with Crippen LogP contribution in [0.15, 0.2) is 54.6 Å². The number of anilines is 1. The summed E-state index contributed by atoms with van der Waals surface area (Å²) in [5.41, 5.74) is 0.831. The zero-order valence-electron chi connectivity index (χ0n) is 21.4. The molecule has 9 nitrogen and oxygen atoms in total. The second-order valence-corrected chi connectivity index (χ2v) is 10.9. The number of amides is 1. The smallest absolute Gasteiger partial charge is 0.416 e. The molecule has 1 amide bonds. The van der Waals surface area contributed by atoms with Crippen LogP contribution in [-0.4, -0.2) is 68.5 Å². The van der Waals surface area contributed by atoms with E-state index in [9.17, 15) is 26.4 Å². The summed E-state index contributed by atoms with van der Waals surface area (Å²) >= 11 is 0. The molecular weight excluding hydrogens is 535 g/mol. The number of sulfonamides is 1. The van der Waals surface area contributed by atoms with Crippen LogP contribution in [0.25, 0.3) is 11.1 Å². The summed E-state index contributed by atoms with van der Waals surface area (Å²) in [6, 6.07) is 14.1. The standard InChI is InChI=1S/C26H28F3N5O4S/c1-3-38-22-6-4-5-19(16-22)20-13-18(14-21(15-20)26(27,28)29)17-33-9-11-34(12-10-33)24-8-7-23(30-31-24)25(35)32-39(2,36)37/h4-8,13-16H,3,9-12,17H2,1-2H3,(H,32,35). The first-order chi connectivity index (χ1) is 18.4. The normalized spacial score (nSPS) is 14.7. The number of halogens is 3. The van der Waals surface area contributed by atoms with Gasteiger partial charge in [0.25, 0.3) is 5.91 Å². The molecule has 1 aromatic heterocycles. The summed E-state index contributed by atoms with van der Waals surface area (Å²) in [5, 5.41) is 7.85. The number of hydrogen-bond donors (Lipinski definition) is 1. The summed E-state index contributed by atoms with van der Waals surface area (Å²) < 4.78 is 71.0. The van der Waals surface area contributed by atoms with Crippen molar-refractivity contribution in [3.8, 4) is 16.9 Å². The third-order valence-corrected chi connectivity index (χ3v) is 6.62. The number of ether oxygens (including phenoxy) is 1. The molecule has 4 rings (SSSR count). The average molecular weight is 564 g/mol. The summed E-state index contributed by atoms with van der Waals surface area (Å²) in [6.07, 6.45) is -3.61. The SMILES string of the molecule is CCOc1cccc(-c2cc(CN3CCN(c4ccc(C(=O)NS(C)(=O)=O)nn4)CC3)cc(C(F)(F)F)c2)c1. The lowest BCUT2D eigenvalue weighted by atomic mass is 9.99. The fourth-order valence-corrected chi connectivity index (χ4v) is 4.72. The average Bonchev–Trinajstić information content (AvgIpc) is 2.88. The molecule has 0 bridgehead atoms. The van der Waals surface area contributed by atoms with Crippen molar-refractivity contribution in [1.82, 2.24) is 19.8 Å². The van der Waals surface area contributed by atoms with Crippen LogP contribution in [0.4, 0.5) is 19.0 Å². The van der Waals surface area contributed by atoms with Gasteiger partial charge in [0, 0.05) is 32.7 Å². The molecule has 0 atom stereocenters. The highest BCUT2D eigenvalue weighted by Gasteiger charge is 2.31. The number of piperazine rings is 1. The van der Waals surface area contributed by atoms with E-state index in [1.54, 1.807) is 36.4 Å². The Morgan fingerprint density at radius 3 is 2.36 bits per heavy atom. The van der Waals surface area contributed by atoms with Crippen molar-refractivity contribution in [2.24, 2.45) is 0 Å². The highest BCUT2D eigenvalue weighted by Crippen LogP contribution is 2.34. The zero-order valence-corrected chi connectivity index (χ0v) is 22.2. The van der Waals surface area contributed by atoms with Crippen molar-refractivity contribution in [3.63, 3.8) is 0 Å². The number of hydrogen-bond acceptors (Lipinski definition) is 8. The van der Waals surface area contributed by atoms with E-state index < -0.39 is 27.7 Å². The molecule has 1 saturated heterocycles. The van der Waals surface area contributed by atoms with Gasteiger partial charge in [-0.3, -0.25) is 9.69 Å². The molecular formula is C26H28F3N5O4S. The lowest BCUT2D eigenvalue weighted by Gasteiger charge is -2.35. The van der Waals surface area contributed by atoms with Gasteiger partial charge in [0.15, 0.2) is 11.5 Å². The van der Waals surface area contributed by atoms with Crippen LogP contribution in [0.3, 0.4) is 0 Å². The minimum atomic E-state index is -4.48. The maximum absolute atomic E-state index is 13.7. The number of aromatic nitrogens is 2. The van der Waals surface area contributed by atoms with Gasteiger partial charge < -0.3 is 9.64 Å². The molecule has 3 aromatic rings. The Morgan fingerprint density at radius 1 is 1.00 bits per heavy atom. The quantitative estimate of drug-likeness (QED) is 0.444. The predicted octanol–water partition coefficient (Wildman–Crippen LogP) is 3.57. The molecule has 1 fully saturated rings. The summed E-state index contributed by atoms with van der Waals surface area (Å²) in [7, 11) is -3.72. The Bertz CT molecular complexity index is 1420. The molecule has 2 heterocycles. The van der Waals surface area contributed by atoms with E-state index in [-0.39, 0.29) is 5.69 Å². The van der Waals surface area contributed by atoms with Crippen LogP contribution in [0, 0.1) is 0 Å². The molecule has 208 valence electrons. The zero-order chi connectivity index (χ0) is 28.2. The van der Waals surface area contributed by atoms with Gasteiger partial charge in [0.05, 0.1) is 18.4 Å². The first-order valence-electron chi connectivity index (χ1n) is 12.2. The number of nitrogens with zero attached hydrogens (tertiary/aromatic N) is 4. The van der Waals surface area contributed by atoms with Gasteiger partial charge >= 0.3 is 6.18 Å². The second-order valence-electron chi connectivity index (χ2n) is 9.12. The Labute approximate surface area is 224 Å². The van der Waals surface area contributed by atoms with Gasteiger partial charge in [-0.1, -0.05) is 12.1 Å². The Morgan fingerprint density at radius 2 is 1.74 bits per heavy atom. The van der Waals surface area contributed by atoms with Gasteiger partial charge in [-0.05, 0) is 66.1 Å². The third kappa shape index (κ3) is 7.67. The van der Waals surface area contributed by atoms with E-state index in [1.807, 2.05) is 16.5 Å². The molecule has 13 heteroatoms. The molecule has 0 saturated carbocycles. The van der Waals surface area contributed by atoms with E-state index in [0.717, 1.165) is 12.3 Å². The number of benzene rings is 2. The van der Waals surface area contributed by atoms with Gasteiger partial charge in [-0.15, -0.1) is 10.2 Å². The van der Waals surface area contributed by atoms with Crippen LogP contribution in [-0.2, 0) is 22.7 Å². The van der Waals surface area contributed by atoms with Crippen LogP contribution in [0.1, 0.15) is 28.5 Å². The van der Waals surface area contributed by atoms with Crippen LogP contribution < -0.4 is 14.4 Å². The largest absolute Gasteiger partial charge is 0.494 e. The van der Waals surface area contributed by atoms with E-state index >= 15 is 0 Å². The summed E-state index contributed by atoms with van der Waals surface area (Å²) in [6.45, 7) is 4.88. The van der Waals surface area contributed by atoms with Crippen molar-refractivity contribution >= 4 is 21.7 Å². The van der Waals surface area contributed by atoms with Crippen LogP contribution >= 0.6 is 0 Å². The molecule has 0 unspecified atom stereocenters. The van der Waals surface area contributed by atoms with E-state index in [1.165, 1.54) is 12.1 Å². The molecule has 2 aromatic carbocycles. The molecule has 0 aliphatic carbocycles. The number of alkyl halides is 3. The first-order valence-corrected chi connectivity index (χ1v) is 14.1. The summed E-state index contributed by atoms with van der Waals surface area (Å²) in [5.74, 6) is 0.241. The molecule has 1 aliphatic rings. The topological polar surface area (TPSA) is 105 Å². The van der Waals surface area contributed by atoms with Crippen molar-refractivity contribution in [2.75, 3.05) is 43.9 Å². The predicted molar refractivity (Wildman–Crippen MR) is 140 cm³/mol. The molecule has 1 N–H and O–H groups in total. The molecule has 0 radical (unpaired) electrons. The second kappa shape index (κ2) is 11.6. The van der Waals surface area contributed by atoms with Crippen molar-refractivity contribution in [2.45, 2.75) is 19.6 Å². The number of rotatable bonds is 8. The van der Waals surface area contributed by atoms with Crippen molar-refractivity contribution in [3.05, 3.63) is 71.4 Å². The summed E-state index contributed by atoms with van der Waals surface area (Å²) in [4.78, 5) is 15.9. The van der Waals surface area contributed by atoms with Crippen LogP contribution in [0.5, 0.6) is 5.75 Å². The van der Waals surface area contributed by atoms with E-state index in [4.69, 9.17) is 4.74 Å². The Balaban J connectivity index is 1.44. The fourth-order valence-electron chi connectivity index (χ4n) is 4.27. The molecule has 39 heavy (non-hydrogen) atoms. The van der Waals surface area contributed by atoms with Crippen molar-refractivity contribution in [1.29, 1.82) is 0 Å². The van der Waals surface area contributed by atoms with E-state index in [0.29, 0.717) is 67.6 Å². The highest BCUT2D eigenvalue weighted by molar-refractivity contribution is 7.89. The van der Waals surface area contributed by atoms with Gasteiger partial charge in [-0.25, -0.2) is 13.1 Å². The molecule has 1 aliphatic heterocycles. The monoisotopic (exact) mass is 563 g/mol. The number of carbonyl (C=O) groups excluding carboxylic acids is 1. The highest BCUT2D eigenvalue weighted by atomic mass is 32.2. The third-order valence-electron chi connectivity index (χ3n) is 6.06. The van der Waals surface area contributed by atoms with E-state index in [2.05, 4.69) is 15.1 Å². The van der Waals surface area contributed by atoms with Gasteiger partial charge in [-0.2, -0.15) is 13.2 Å². The van der Waals surface area contributed by atoms with Gasteiger partial charge in [0.2, 0.25) is 10.0 Å². The fraction of sp³-hybridized carbons (Fsp3) is 0.346. The Kier molecular flexibility index (Phi) is 8.40. The maximum atomic E-state index is 13.7. The van der Waals surface area contributed by atoms with Crippen LogP contribution in [0.2, 0.25) is 0 Å². The lowest BCUT2D eigenvalue weighted by Crippen LogP contribution is -2.46. The number of carbonyl (C=O) groups is 1. The maximum Gasteiger partial charge on any atom is 0.416 e. The Hall–Kier alpha value is -3.71. The van der Waals surface area contributed by atoms with Gasteiger partial charge in [0.1, 0.15) is 5.75 Å². The number of nitrogens with one attached hydrogen (secondary N) is 1.